The quantitative estimate of drug-likeness (QED) is 0.341. The summed E-state index contributed by atoms with van der Waals surface area (Å²) in [6, 6.07) is 2.68. The van der Waals surface area contributed by atoms with Gasteiger partial charge in [0.05, 0.1) is 6.54 Å². The van der Waals surface area contributed by atoms with E-state index in [1.54, 1.807) is 11.3 Å². The standard InChI is InChI=1S/C16H27BrN4S.HI/c1-3-7-21-8-5-14(6-9-21)20-16(18-4-2)19-11-15-10-13(17)12-22-15;/h10,12,14H,3-9,11H2,1-2H3,(H2,18,19,20);1H. The second-order valence-corrected chi connectivity index (χ2v) is 7.60. The van der Waals surface area contributed by atoms with Crippen LogP contribution < -0.4 is 10.6 Å². The first kappa shape index (κ1) is 21.2. The zero-order chi connectivity index (χ0) is 15.8. The van der Waals surface area contributed by atoms with E-state index in [4.69, 9.17) is 4.99 Å². The molecule has 1 saturated heterocycles. The maximum absolute atomic E-state index is 4.72. The highest BCUT2D eigenvalue weighted by atomic mass is 127. The SMILES string of the molecule is CCCN1CCC(NC(=NCc2cc(Br)cs2)NCC)CC1.I. The van der Waals surface area contributed by atoms with Gasteiger partial charge >= 0.3 is 0 Å². The molecule has 1 aliphatic rings. The van der Waals surface area contributed by atoms with E-state index in [0.717, 1.165) is 23.5 Å². The number of piperidine rings is 1. The van der Waals surface area contributed by atoms with Gasteiger partial charge in [-0.3, -0.25) is 0 Å². The summed E-state index contributed by atoms with van der Waals surface area (Å²) in [6.07, 6.45) is 3.66. The summed E-state index contributed by atoms with van der Waals surface area (Å²) in [5, 5.41) is 9.07. The first-order valence-corrected chi connectivity index (χ1v) is 9.88. The summed E-state index contributed by atoms with van der Waals surface area (Å²) in [5.74, 6) is 0.945. The number of aliphatic imine (C=N–C) groups is 1. The molecule has 7 heteroatoms. The van der Waals surface area contributed by atoms with Gasteiger partial charge in [-0.15, -0.1) is 35.3 Å². The zero-order valence-electron chi connectivity index (χ0n) is 14.0. The highest BCUT2D eigenvalue weighted by Crippen LogP contribution is 2.20. The third kappa shape index (κ3) is 7.70. The van der Waals surface area contributed by atoms with Crippen LogP contribution in [0.5, 0.6) is 0 Å². The molecule has 0 radical (unpaired) electrons. The monoisotopic (exact) mass is 514 g/mol. The third-order valence-electron chi connectivity index (χ3n) is 3.83. The number of hydrogen-bond acceptors (Lipinski definition) is 3. The maximum Gasteiger partial charge on any atom is 0.191 e. The minimum Gasteiger partial charge on any atom is -0.357 e. The van der Waals surface area contributed by atoms with Crippen molar-refractivity contribution in [1.82, 2.24) is 15.5 Å². The van der Waals surface area contributed by atoms with Crippen molar-refractivity contribution in [2.24, 2.45) is 4.99 Å². The molecule has 2 heterocycles. The van der Waals surface area contributed by atoms with Gasteiger partial charge in [0.1, 0.15) is 0 Å². The molecule has 0 aliphatic carbocycles. The second kappa shape index (κ2) is 11.7. The number of likely N-dealkylation sites (tertiary alicyclic amines) is 1. The average Bonchev–Trinajstić information content (AvgIpc) is 2.93. The summed E-state index contributed by atoms with van der Waals surface area (Å²) in [6.45, 7) is 9.63. The maximum atomic E-state index is 4.72. The van der Waals surface area contributed by atoms with Crippen LogP contribution in [-0.2, 0) is 6.54 Å². The first-order chi connectivity index (χ1) is 10.7. The Morgan fingerprint density at radius 3 is 2.70 bits per heavy atom. The smallest absolute Gasteiger partial charge is 0.191 e. The minimum atomic E-state index is 0. The van der Waals surface area contributed by atoms with Gasteiger partial charge in [-0.2, -0.15) is 0 Å². The van der Waals surface area contributed by atoms with Crippen molar-refractivity contribution in [2.75, 3.05) is 26.2 Å². The highest BCUT2D eigenvalue weighted by molar-refractivity contribution is 14.0. The lowest BCUT2D eigenvalue weighted by atomic mass is 10.1. The largest absolute Gasteiger partial charge is 0.357 e. The lowest BCUT2D eigenvalue weighted by Crippen LogP contribution is -2.48. The van der Waals surface area contributed by atoms with Crippen LogP contribution in [0.4, 0.5) is 0 Å². The predicted molar refractivity (Wildman–Crippen MR) is 115 cm³/mol. The molecule has 23 heavy (non-hydrogen) atoms. The van der Waals surface area contributed by atoms with E-state index in [1.807, 2.05) is 0 Å². The van der Waals surface area contributed by atoms with Crippen LogP contribution in [0, 0.1) is 0 Å². The van der Waals surface area contributed by atoms with Crippen LogP contribution >= 0.6 is 51.2 Å². The second-order valence-electron chi connectivity index (χ2n) is 5.69. The molecule has 0 bridgehead atoms. The predicted octanol–water partition coefficient (Wildman–Crippen LogP) is 4.06. The van der Waals surface area contributed by atoms with Crippen LogP contribution in [0.2, 0.25) is 0 Å². The third-order valence-corrected chi connectivity index (χ3v) is 5.51. The van der Waals surface area contributed by atoms with Gasteiger partial charge in [0.25, 0.3) is 0 Å². The number of nitrogens with one attached hydrogen (secondary N) is 2. The minimum absolute atomic E-state index is 0. The number of rotatable bonds is 6. The lowest BCUT2D eigenvalue weighted by molar-refractivity contribution is 0.206. The van der Waals surface area contributed by atoms with E-state index in [-0.39, 0.29) is 24.0 Å². The average molecular weight is 515 g/mol. The normalized spacial score (nSPS) is 16.9. The fourth-order valence-corrected chi connectivity index (χ4v) is 4.10. The van der Waals surface area contributed by atoms with Gasteiger partial charge < -0.3 is 15.5 Å². The highest BCUT2D eigenvalue weighted by Gasteiger charge is 2.19. The van der Waals surface area contributed by atoms with Crippen molar-refractivity contribution in [3.05, 3.63) is 20.8 Å². The topological polar surface area (TPSA) is 39.7 Å². The van der Waals surface area contributed by atoms with Crippen molar-refractivity contribution in [1.29, 1.82) is 0 Å². The number of thiophene rings is 1. The molecule has 2 rings (SSSR count). The number of hydrogen-bond donors (Lipinski definition) is 2. The molecule has 132 valence electrons. The zero-order valence-corrected chi connectivity index (χ0v) is 18.7. The Balaban J connectivity index is 0.00000264. The van der Waals surface area contributed by atoms with E-state index >= 15 is 0 Å². The van der Waals surface area contributed by atoms with E-state index in [2.05, 4.69) is 56.8 Å². The Morgan fingerprint density at radius 2 is 2.13 bits per heavy atom. The number of nitrogens with zero attached hydrogens (tertiary/aromatic N) is 2. The summed E-state index contributed by atoms with van der Waals surface area (Å²) >= 11 is 5.24. The van der Waals surface area contributed by atoms with Crippen molar-refractivity contribution in [3.8, 4) is 0 Å². The van der Waals surface area contributed by atoms with E-state index < -0.39 is 0 Å². The molecule has 0 unspecified atom stereocenters. The van der Waals surface area contributed by atoms with Gasteiger partial charge in [0.2, 0.25) is 0 Å². The van der Waals surface area contributed by atoms with Gasteiger partial charge in [-0.05, 0) is 54.7 Å². The Morgan fingerprint density at radius 1 is 1.39 bits per heavy atom. The van der Waals surface area contributed by atoms with Gasteiger partial charge in [-0.25, -0.2) is 4.99 Å². The fourth-order valence-electron chi connectivity index (χ4n) is 2.72. The number of guanidine groups is 1. The summed E-state index contributed by atoms with van der Waals surface area (Å²) in [4.78, 5) is 8.56. The summed E-state index contributed by atoms with van der Waals surface area (Å²) in [5.41, 5.74) is 0. The number of halogens is 2. The molecule has 2 N–H and O–H groups in total. The van der Waals surface area contributed by atoms with Gasteiger partial charge in [0, 0.05) is 40.4 Å². The van der Waals surface area contributed by atoms with Crippen molar-refractivity contribution < 1.29 is 0 Å². The van der Waals surface area contributed by atoms with Crippen molar-refractivity contribution >= 4 is 57.2 Å². The van der Waals surface area contributed by atoms with Crippen LogP contribution in [0.15, 0.2) is 20.9 Å². The van der Waals surface area contributed by atoms with Crippen LogP contribution in [-0.4, -0.2) is 43.1 Å². The Hall–Kier alpha value is 0.140. The molecule has 0 atom stereocenters. The van der Waals surface area contributed by atoms with E-state index in [0.29, 0.717) is 6.04 Å². The van der Waals surface area contributed by atoms with Crippen LogP contribution in [0.3, 0.4) is 0 Å². The molecule has 0 spiro atoms. The summed E-state index contributed by atoms with van der Waals surface area (Å²) < 4.78 is 1.14. The molecule has 1 fully saturated rings. The van der Waals surface area contributed by atoms with E-state index in [1.165, 1.54) is 43.8 Å². The van der Waals surface area contributed by atoms with Crippen molar-refractivity contribution in [3.63, 3.8) is 0 Å². The van der Waals surface area contributed by atoms with Crippen LogP contribution in [0.1, 0.15) is 38.0 Å². The molecule has 1 aromatic rings. The molecule has 4 nitrogen and oxygen atoms in total. The molecule has 0 saturated carbocycles. The van der Waals surface area contributed by atoms with Gasteiger partial charge in [-0.1, -0.05) is 6.92 Å². The van der Waals surface area contributed by atoms with Crippen LogP contribution in [0.25, 0.3) is 0 Å². The van der Waals surface area contributed by atoms with Gasteiger partial charge in [0.15, 0.2) is 5.96 Å². The van der Waals surface area contributed by atoms with Crippen molar-refractivity contribution in [2.45, 2.75) is 45.7 Å². The Bertz CT molecular complexity index is 472. The molecule has 0 amide bonds. The summed E-state index contributed by atoms with van der Waals surface area (Å²) in [7, 11) is 0. The molecular formula is C16H28BrIN4S. The first-order valence-electron chi connectivity index (χ1n) is 8.21. The molecular weight excluding hydrogens is 487 g/mol. The lowest BCUT2D eigenvalue weighted by Gasteiger charge is -2.32. The van der Waals surface area contributed by atoms with E-state index in [9.17, 15) is 0 Å². The molecule has 1 aromatic heterocycles. The Labute approximate surface area is 169 Å². The molecule has 1 aliphatic heterocycles. The Kier molecular flexibility index (Phi) is 10.7. The molecule has 0 aromatic carbocycles. The fraction of sp³-hybridized carbons (Fsp3) is 0.688.